The van der Waals surface area contributed by atoms with E-state index in [0.717, 1.165) is 19.3 Å². The lowest BCUT2D eigenvalue weighted by Crippen LogP contribution is -2.37. The van der Waals surface area contributed by atoms with Crippen LogP contribution in [0, 0.1) is 11.8 Å². The molecule has 1 saturated heterocycles. The van der Waals surface area contributed by atoms with E-state index < -0.39 is 5.97 Å². The average Bonchev–Trinajstić information content (AvgIpc) is 2.81. The molecule has 0 aromatic heterocycles. The molecule has 1 amide bonds. The normalized spacial score (nSPS) is 22.4. The predicted octanol–water partition coefficient (Wildman–Crippen LogP) is 1.42. The van der Waals surface area contributed by atoms with Crippen LogP contribution in [-0.2, 0) is 14.3 Å². The lowest BCUT2D eigenvalue weighted by molar-refractivity contribution is -0.141. The predicted molar refractivity (Wildman–Crippen MR) is 67.2 cm³/mol. The highest BCUT2D eigenvalue weighted by Gasteiger charge is 2.24. The highest BCUT2D eigenvalue weighted by Crippen LogP contribution is 2.14. The van der Waals surface area contributed by atoms with Gasteiger partial charge in [0.2, 0.25) is 5.91 Å². The van der Waals surface area contributed by atoms with Crippen molar-refractivity contribution in [3.8, 4) is 0 Å². The third kappa shape index (κ3) is 5.04. The molecule has 5 nitrogen and oxygen atoms in total. The zero-order valence-electron chi connectivity index (χ0n) is 11.1. The SMILES string of the molecule is CC(CCCC(C)C(=O)O)NC(=O)C1CCOC1. The maximum absolute atomic E-state index is 11.8. The molecular formula is C13H23NO4. The number of amides is 1. The fourth-order valence-corrected chi connectivity index (χ4v) is 2.03. The number of hydrogen-bond donors (Lipinski definition) is 2. The van der Waals surface area contributed by atoms with E-state index in [1.165, 1.54) is 0 Å². The van der Waals surface area contributed by atoms with Crippen LogP contribution < -0.4 is 5.32 Å². The topological polar surface area (TPSA) is 75.6 Å². The van der Waals surface area contributed by atoms with Crippen molar-refractivity contribution in [3.05, 3.63) is 0 Å². The van der Waals surface area contributed by atoms with Gasteiger partial charge in [-0.2, -0.15) is 0 Å². The summed E-state index contributed by atoms with van der Waals surface area (Å²) in [6.45, 7) is 4.86. The van der Waals surface area contributed by atoms with E-state index in [2.05, 4.69) is 5.32 Å². The molecule has 104 valence electrons. The fraction of sp³-hybridized carbons (Fsp3) is 0.846. The summed E-state index contributed by atoms with van der Waals surface area (Å²) in [7, 11) is 0. The van der Waals surface area contributed by atoms with Crippen LogP contribution >= 0.6 is 0 Å². The van der Waals surface area contributed by atoms with Crippen molar-refractivity contribution in [2.45, 2.75) is 45.6 Å². The van der Waals surface area contributed by atoms with Crippen LogP contribution in [0.2, 0.25) is 0 Å². The van der Waals surface area contributed by atoms with Crippen molar-refractivity contribution < 1.29 is 19.4 Å². The summed E-state index contributed by atoms with van der Waals surface area (Å²) in [5.74, 6) is -1.01. The van der Waals surface area contributed by atoms with Gasteiger partial charge in [0.1, 0.15) is 0 Å². The van der Waals surface area contributed by atoms with E-state index in [0.29, 0.717) is 19.6 Å². The lowest BCUT2D eigenvalue weighted by Gasteiger charge is -2.16. The molecule has 18 heavy (non-hydrogen) atoms. The minimum atomic E-state index is -0.755. The van der Waals surface area contributed by atoms with E-state index >= 15 is 0 Å². The standard InChI is InChI=1S/C13H23NO4/c1-9(13(16)17)4-3-5-10(2)14-12(15)11-6-7-18-8-11/h9-11H,3-8H2,1-2H3,(H,14,15)(H,16,17). The summed E-state index contributed by atoms with van der Waals surface area (Å²) in [5, 5.41) is 11.7. The first-order chi connectivity index (χ1) is 8.50. The first-order valence-corrected chi connectivity index (χ1v) is 6.61. The molecule has 0 aromatic carbocycles. The zero-order chi connectivity index (χ0) is 13.5. The van der Waals surface area contributed by atoms with Crippen molar-refractivity contribution in [3.63, 3.8) is 0 Å². The van der Waals surface area contributed by atoms with Crippen LogP contribution in [0.5, 0.6) is 0 Å². The molecule has 1 heterocycles. The second-order valence-electron chi connectivity index (χ2n) is 5.14. The van der Waals surface area contributed by atoms with Crippen LogP contribution in [0.3, 0.4) is 0 Å². The van der Waals surface area contributed by atoms with Gasteiger partial charge in [-0.05, 0) is 26.2 Å². The third-order valence-electron chi connectivity index (χ3n) is 3.38. The van der Waals surface area contributed by atoms with Crippen LogP contribution in [0.25, 0.3) is 0 Å². The minimum Gasteiger partial charge on any atom is -0.481 e. The van der Waals surface area contributed by atoms with Gasteiger partial charge in [-0.25, -0.2) is 0 Å². The Labute approximate surface area is 108 Å². The number of hydrogen-bond acceptors (Lipinski definition) is 3. The Bertz CT molecular complexity index is 287. The van der Waals surface area contributed by atoms with Crippen LogP contribution in [0.15, 0.2) is 0 Å². The van der Waals surface area contributed by atoms with Gasteiger partial charge in [-0.3, -0.25) is 9.59 Å². The largest absolute Gasteiger partial charge is 0.481 e. The smallest absolute Gasteiger partial charge is 0.306 e. The van der Waals surface area contributed by atoms with Crippen molar-refractivity contribution in [2.24, 2.45) is 11.8 Å². The molecule has 0 aliphatic carbocycles. The van der Waals surface area contributed by atoms with Gasteiger partial charge >= 0.3 is 5.97 Å². The van der Waals surface area contributed by atoms with Crippen LogP contribution in [0.1, 0.15) is 39.5 Å². The Balaban J connectivity index is 2.14. The summed E-state index contributed by atoms with van der Waals surface area (Å²) in [4.78, 5) is 22.4. The average molecular weight is 257 g/mol. The third-order valence-corrected chi connectivity index (χ3v) is 3.38. The molecule has 1 aliphatic heterocycles. The molecular weight excluding hydrogens is 234 g/mol. The molecule has 3 unspecified atom stereocenters. The van der Waals surface area contributed by atoms with Crippen molar-refractivity contribution in [2.75, 3.05) is 13.2 Å². The molecule has 1 fully saturated rings. The van der Waals surface area contributed by atoms with Crippen molar-refractivity contribution in [1.82, 2.24) is 5.32 Å². The Morgan fingerprint density at radius 1 is 1.39 bits per heavy atom. The molecule has 1 rings (SSSR count). The molecule has 0 aromatic rings. The summed E-state index contributed by atoms with van der Waals surface area (Å²) in [6, 6.07) is 0.0964. The second kappa shape index (κ2) is 7.36. The van der Waals surface area contributed by atoms with Gasteiger partial charge in [0.05, 0.1) is 18.4 Å². The van der Waals surface area contributed by atoms with Gasteiger partial charge in [-0.15, -0.1) is 0 Å². The van der Waals surface area contributed by atoms with E-state index in [9.17, 15) is 9.59 Å². The van der Waals surface area contributed by atoms with E-state index in [-0.39, 0.29) is 23.8 Å². The molecule has 5 heteroatoms. The maximum atomic E-state index is 11.8. The number of carboxylic acids is 1. The highest BCUT2D eigenvalue weighted by molar-refractivity contribution is 5.79. The Morgan fingerprint density at radius 3 is 2.67 bits per heavy atom. The summed E-state index contributed by atoms with van der Waals surface area (Å²) in [6.07, 6.45) is 3.09. The molecule has 2 N–H and O–H groups in total. The lowest BCUT2D eigenvalue weighted by atomic mass is 10.0. The quantitative estimate of drug-likeness (QED) is 0.723. The number of carbonyl (C=O) groups is 2. The number of aliphatic carboxylic acids is 1. The monoisotopic (exact) mass is 257 g/mol. The zero-order valence-corrected chi connectivity index (χ0v) is 11.1. The van der Waals surface area contributed by atoms with Crippen LogP contribution in [0.4, 0.5) is 0 Å². The Kier molecular flexibility index (Phi) is 6.12. The molecule has 0 spiro atoms. The van der Waals surface area contributed by atoms with E-state index in [4.69, 9.17) is 9.84 Å². The summed E-state index contributed by atoms with van der Waals surface area (Å²) < 4.78 is 5.17. The van der Waals surface area contributed by atoms with Gasteiger partial charge in [0.15, 0.2) is 0 Å². The second-order valence-corrected chi connectivity index (χ2v) is 5.14. The number of carboxylic acid groups (broad SMARTS) is 1. The van der Waals surface area contributed by atoms with Crippen LogP contribution in [-0.4, -0.2) is 36.2 Å². The molecule has 0 saturated carbocycles. The molecule has 1 aliphatic rings. The maximum Gasteiger partial charge on any atom is 0.306 e. The van der Waals surface area contributed by atoms with Gasteiger partial charge in [0.25, 0.3) is 0 Å². The first-order valence-electron chi connectivity index (χ1n) is 6.61. The van der Waals surface area contributed by atoms with Crippen molar-refractivity contribution in [1.29, 1.82) is 0 Å². The number of nitrogens with one attached hydrogen (secondary N) is 1. The minimum absolute atomic E-state index is 0.00890. The number of rotatable bonds is 7. The van der Waals surface area contributed by atoms with E-state index in [1.54, 1.807) is 6.92 Å². The molecule has 0 bridgehead atoms. The molecule has 3 atom stereocenters. The van der Waals surface area contributed by atoms with E-state index in [1.807, 2.05) is 6.92 Å². The fourth-order valence-electron chi connectivity index (χ4n) is 2.03. The first kappa shape index (κ1) is 15.0. The van der Waals surface area contributed by atoms with Gasteiger partial charge in [0, 0.05) is 12.6 Å². The number of ether oxygens (including phenoxy) is 1. The van der Waals surface area contributed by atoms with Crippen molar-refractivity contribution >= 4 is 11.9 Å². The molecule has 0 radical (unpaired) electrons. The Morgan fingerprint density at radius 2 is 2.11 bits per heavy atom. The van der Waals surface area contributed by atoms with Gasteiger partial charge in [-0.1, -0.05) is 13.3 Å². The highest BCUT2D eigenvalue weighted by atomic mass is 16.5. The summed E-state index contributed by atoms with van der Waals surface area (Å²) >= 11 is 0. The Hall–Kier alpha value is -1.10. The summed E-state index contributed by atoms with van der Waals surface area (Å²) in [5.41, 5.74) is 0. The van der Waals surface area contributed by atoms with Gasteiger partial charge < -0.3 is 15.2 Å². The number of carbonyl (C=O) groups excluding carboxylic acids is 1.